The molecule has 1 aromatic carbocycles. The van der Waals surface area contributed by atoms with Crippen molar-refractivity contribution >= 4 is 17.2 Å². The van der Waals surface area contributed by atoms with Crippen molar-refractivity contribution in [3.63, 3.8) is 0 Å². The van der Waals surface area contributed by atoms with Gasteiger partial charge in [-0.05, 0) is 24.1 Å². The van der Waals surface area contributed by atoms with Gasteiger partial charge in [-0.25, -0.2) is 9.50 Å². The van der Waals surface area contributed by atoms with Crippen LogP contribution in [0.15, 0.2) is 48.8 Å². The number of nitrogens with zero attached hydrogens (tertiary/aromatic N) is 4. The van der Waals surface area contributed by atoms with E-state index in [1.807, 2.05) is 23.1 Å². The van der Waals surface area contributed by atoms with Gasteiger partial charge in [0.1, 0.15) is 5.69 Å². The predicted molar refractivity (Wildman–Crippen MR) is 74.8 cm³/mol. The first-order valence-electron chi connectivity index (χ1n) is 6.53. The number of fused-ring (bicyclic) bond motifs is 2. The maximum Gasteiger partial charge on any atom is 0.277 e. The monoisotopic (exact) mass is 264 g/mol. The SMILES string of the molecule is O=C(c1ccnc2ccnn12)N1CCc2ccccc21. The van der Waals surface area contributed by atoms with Gasteiger partial charge in [-0.1, -0.05) is 18.2 Å². The average Bonchev–Trinajstić information content (AvgIpc) is 3.12. The number of amides is 1. The molecule has 0 saturated carbocycles. The van der Waals surface area contributed by atoms with Crippen LogP contribution in [0.5, 0.6) is 0 Å². The fraction of sp³-hybridized carbons (Fsp3) is 0.133. The van der Waals surface area contributed by atoms with Gasteiger partial charge in [-0.2, -0.15) is 5.10 Å². The summed E-state index contributed by atoms with van der Waals surface area (Å²) in [4.78, 5) is 18.8. The Kier molecular flexibility index (Phi) is 2.32. The van der Waals surface area contributed by atoms with Crippen molar-refractivity contribution < 1.29 is 4.79 Å². The second-order valence-corrected chi connectivity index (χ2v) is 4.77. The first kappa shape index (κ1) is 11.2. The van der Waals surface area contributed by atoms with E-state index >= 15 is 0 Å². The minimum Gasteiger partial charge on any atom is -0.306 e. The average molecular weight is 264 g/mol. The van der Waals surface area contributed by atoms with E-state index < -0.39 is 0 Å². The van der Waals surface area contributed by atoms with Crippen molar-refractivity contribution in [1.29, 1.82) is 0 Å². The Morgan fingerprint density at radius 2 is 2.00 bits per heavy atom. The lowest BCUT2D eigenvalue weighted by Gasteiger charge is -2.17. The van der Waals surface area contributed by atoms with Crippen molar-refractivity contribution in [1.82, 2.24) is 14.6 Å². The molecular formula is C15H12N4O. The van der Waals surface area contributed by atoms with Gasteiger partial charge in [-0.3, -0.25) is 4.79 Å². The van der Waals surface area contributed by atoms with Crippen LogP contribution in [0, 0.1) is 0 Å². The molecule has 2 aromatic heterocycles. The number of hydrogen-bond donors (Lipinski definition) is 0. The number of benzene rings is 1. The van der Waals surface area contributed by atoms with E-state index in [2.05, 4.69) is 16.1 Å². The normalized spacial score (nSPS) is 13.7. The summed E-state index contributed by atoms with van der Waals surface area (Å²) in [7, 11) is 0. The molecule has 1 aliphatic heterocycles. The zero-order valence-corrected chi connectivity index (χ0v) is 10.7. The molecule has 5 heteroatoms. The van der Waals surface area contributed by atoms with E-state index in [0.717, 1.165) is 12.1 Å². The molecule has 3 heterocycles. The molecule has 0 spiro atoms. The Balaban J connectivity index is 1.81. The van der Waals surface area contributed by atoms with Gasteiger partial charge in [-0.15, -0.1) is 0 Å². The molecule has 0 unspecified atom stereocenters. The lowest BCUT2D eigenvalue weighted by atomic mass is 10.2. The number of anilines is 1. The minimum atomic E-state index is -0.0361. The van der Waals surface area contributed by atoms with Crippen molar-refractivity contribution in [2.45, 2.75) is 6.42 Å². The highest BCUT2D eigenvalue weighted by Gasteiger charge is 2.26. The molecule has 0 aliphatic carbocycles. The molecule has 0 bridgehead atoms. The summed E-state index contributed by atoms with van der Waals surface area (Å²) in [6.45, 7) is 0.712. The van der Waals surface area contributed by atoms with Gasteiger partial charge in [0.2, 0.25) is 0 Å². The summed E-state index contributed by atoms with van der Waals surface area (Å²) in [5.74, 6) is -0.0361. The second-order valence-electron chi connectivity index (χ2n) is 4.77. The predicted octanol–water partition coefficient (Wildman–Crippen LogP) is 1.93. The molecule has 4 rings (SSSR count). The van der Waals surface area contributed by atoms with Crippen LogP contribution >= 0.6 is 0 Å². The van der Waals surface area contributed by atoms with Gasteiger partial charge >= 0.3 is 0 Å². The van der Waals surface area contributed by atoms with E-state index in [4.69, 9.17) is 0 Å². The third kappa shape index (κ3) is 1.53. The van der Waals surface area contributed by atoms with Gasteiger partial charge < -0.3 is 4.90 Å². The smallest absolute Gasteiger partial charge is 0.277 e. The molecule has 0 N–H and O–H groups in total. The second kappa shape index (κ2) is 4.16. The van der Waals surface area contributed by atoms with Crippen molar-refractivity contribution in [2.24, 2.45) is 0 Å². The minimum absolute atomic E-state index is 0.0361. The zero-order valence-electron chi connectivity index (χ0n) is 10.7. The van der Waals surface area contributed by atoms with E-state index in [9.17, 15) is 4.79 Å². The van der Waals surface area contributed by atoms with Crippen LogP contribution in [-0.4, -0.2) is 27.0 Å². The third-order valence-corrected chi connectivity index (χ3v) is 3.64. The standard InChI is InChI=1S/C15H12N4O/c20-15(13-5-8-16-14-6-9-17-19(13)14)18-10-7-11-3-1-2-4-12(11)18/h1-6,8-9H,7,10H2. The third-order valence-electron chi connectivity index (χ3n) is 3.64. The molecule has 0 saturated heterocycles. The van der Waals surface area contributed by atoms with Crippen molar-refractivity contribution in [2.75, 3.05) is 11.4 Å². The van der Waals surface area contributed by atoms with E-state index in [0.29, 0.717) is 17.9 Å². The molecule has 1 amide bonds. The largest absolute Gasteiger partial charge is 0.306 e. The van der Waals surface area contributed by atoms with Crippen LogP contribution in [0.4, 0.5) is 5.69 Å². The van der Waals surface area contributed by atoms with Crippen LogP contribution in [0.3, 0.4) is 0 Å². The van der Waals surface area contributed by atoms with E-state index in [1.165, 1.54) is 5.56 Å². The van der Waals surface area contributed by atoms with Crippen LogP contribution in [0.1, 0.15) is 16.1 Å². The fourth-order valence-corrected chi connectivity index (χ4v) is 2.68. The quantitative estimate of drug-likeness (QED) is 0.675. The lowest BCUT2D eigenvalue weighted by Crippen LogP contribution is -2.30. The zero-order chi connectivity index (χ0) is 13.5. The van der Waals surface area contributed by atoms with Crippen molar-refractivity contribution in [3.05, 3.63) is 60.0 Å². The summed E-state index contributed by atoms with van der Waals surface area (Å²) < 4.78 is 1.59. The topological polar surface area (TPSA) is 50.5 Å². The number of hydrogen-bond acceptors (Lipinski definition) is 3. The molecule has 0 atom stereocenters. The van der Waals surface area contributed by atoms with Crippen molar-refractivity contribution in [3.8, 4) is 0 Å². The molecule has 0 radical (unpaired) electrons. The highest BCUT2D eigenvalue weighted by molar-refractivity contribution is 6.06. The summed E-state index contributed by atoms with van der Waals surface area (Å²) >= 11 is 0. The first-order valence-corrected chi connectivity index (χ1v) is 6.53. The maximum atomic E-state index is 12.8. The molecule has 5 nitrogen and oxygen atoms in total. The Morgan fingerprint density at radius 3 is 2.95 bits per heavy atom. The number of rotatable bonds is 1. The molecule has 1 aliphatic rings. The number of aromatic nitrogens is 3. The van der Waals surface area contributed by atoms with Crippen LogP contribution in [0.2, 0.25) is 0 Å². The van der Waals surface area contributed by atoms with Crippen LogP contribution < -0.4 is 4.90 Å². The maximum absolute atomic E-state index is 12.8. The Labute approximate surface area is 115 Å². The fourth-order valence-electron chi connectivity index (χ4n) is 2.68. The highest BCUT2D eigenvalue weighted by Crippen LogP contribution is 2.28. The summed E-state index contributed by atoms with van der Waals surface area (Å²) in [6.07, 6.45) is 4.19. The molecule has 98 valence electrons. The van der Waals surface area contributed by atoms with E-state index in [-0.39, 0.29) is 5.91 Å². The van der Waals surface area contributed by atoms with Gasteiger partial charge in [0, 0.05) is 24.5 Å². The summed E-state index contributed by atoms with van der Waals surface area (Å²) in [5, 5.41) is 4.17. The van der Waals surface area contributed by atoms with Gasteiger partial charge in [0.15, 0.2) is 5.65 Å². The number of para-hydroxylation sites is 1. The first-order chi connectivity index (χ1) is 9.84. The Morgan fingerprint density at radius 1 is 1.10 bits per heavy atom. The number of carbonyl (C=O) groups is 1. The van der Waals surface area contributed by atoms with Gasteiger partial charge in [0.05, 0.1) is 6.20 Å². The Hall–Kier alpha value is -2.69. The molecule has 3 aromatic rings. The lowest BCUT2D eigenvalue weighted by molar-refractivity contribution is 0.0982. The van der Waals surface area contributed by atoms with Crippen LogP contribution in [-0.2, 0) is 6.42 Å². The summed E-state index contributed by atoms with van der Waals surface area (Å²) in [5.41, 5.74) is 3.43. The molecular weight excluding hydrogens is 252 g/mol. The molecule has 20 heavy (non-hydrogen) atoms. The van der Waals surface area contributed by atoms with Gasteiger partial charge in [0.25, 0.3) is 5.91 Å². The Bertz CT molecular complexity index is 808. The number of carbonyl (C=O) groups excluding carboxylic acids is 1. The summed E-state index contributed by atoms with van der Waals surface area (Å²) in [6, 6.07) is 11.5. The molecule has 0 fully saturated rings. The highest BCUT2D eigenvalue weighted by atomic mass is 16.2. The van der Waals surface area contributed by atoms with E-state index in [1.54, 1.807) is 29.0 Å². The van der Waals surface area contributed by atoms with Crippen LogP contribution in [0.25, 0.3) is 5.65 Å².